The summed E-state index contributed by atoms with van der Waals surface area (Å²) in [6.45, 7) is 6.65. The summed E-state index contributed by atoms with van der Waals surface area (Å²) in [7, 11) is 0. The van der Waals surface area contributed by atoms with Gasteiger partial charge in [0.05, 0.1) is 15.9 Å². The van der Waals surface area contributed by atoms with Gasteiger partial charge in [-0.05, 0) is 43.7 Å². The van der Waals surface area contributed by atoms with Crippen LogP contribution in [-0.2, 0) is 0 Å². The van der Waals surface area contributed by atoms with Crippen LogP contribution in [0.4, 0.5) is 0 Å². The van der Waals surface area contributed by atoms with Gasteiger partial charge >= 0.3 is 0 Å². The lowest BCUT2D eigenvalue weighted by Crippen LogP contribution is -2.17. The maximum atomic E-state index is 6.37. The highest BCUT2D eigenvalue weighted by atomic mass is 35.5. The van der Waals surface area contributed by atoms with Gasteiger partial charge in [-0.15, -0.1) is 11.6 Å². The van der Waals surface area contributed by atoms with Crippen molar-refractivity contribution in [3.05, 3.63) is 29.0 Å². The molecule has 2 nitrogen and oxygen atoms in total. The third-order valence-electron chi connectivity index (χ3n) is 4.81. The summed E-state index contributed by atoms with van der Waals surface area (Å²) in [5.74, 6) is 2.33. The number of alkyl halides is 1. The number of para-hydroxylation sites is 1. The van der Waals surface area contributed by atoms with Crippen LogP contribution in [0.15, 0.2) is 18.2 Å². The second-order valence-corrected chi connectivity index (χ2v) is 7.11. The number of fused-ring (bicyclic) bond motifs is 1. The van der Waals surface area contributed by atoms with Crippen molar-refractivity contribution in [3.8, 4) is 0 Å². The Hall–Kier alpha value is -0.730. The Labute approximate surface area is 130 Å². The van der Waals surface area contributed by atoms with Crippen molar-refractivity contribution in [2.24, 2.45) is 11.8 Å². The van der Waals surface area contributed by atoms with Gasteiger partial charge in [0, 0.05) is 6.04 Å². The number of nitrogens with zero attached hydrogens (tertiary/aromatic N) is 2. The van der Waals surface area contributed by atoms with Crippen LogP contribution in [0.1, 0.15) is 50.9 Å². The minimum atomic E-state index is -0.110. The summed E-state index contributed by atoms with van der Waals surface area (Å²) >= 11 is 12.7. The van der Waals surface area contributed by atoms with Crippen molar-refractivity contribution in [2.45, 2.75) is 45.0 Å². The Balaban J connectivity index is 2.22. The minimum Gasteiger partial charge on any atom is -0.323 e. The molecule has 0 spiro atoms. The lowest BCUT2D eigenvalue weighted by molar-refractivity contribution is 0.352. The van der Waals surface area contributed by atoms with Gasteiger partial charge in [-0.2, -0.15) is 0 Å². The van der Waals surface area contributed by atoms with Gasteiger partial charge in [-0.3, -0.25) is 0 Å². The van der Waals surface area contributed by atoms with Crippen LogP contribution in [0.3, 0.4) is 0 Å². The van der Waals surface area contributed by atoms with E-state index in [0.29, 0.717) is 17.0 Å². The number of hydrogen-bond acceptors (Lipinski definition) is 1. The fourth-order valence-corrected chi connectivity index (χ4v) is 3.80. The molecular formula is C16H20Cl2N2. The van der Waals surface area contributed by atoms with E-state index in [9.17, 15) is 0 Å². The second kappa shape index (κ2) is 5.23. The van der Waals surface area contributed by atoms with Crippen molar-refractivity contribution in [3.63, 3.8) is 0 Å². The highest BCUT2D eigenvalue weighted by molar-refractivity contribution is 6.35. The third kappa shape index (κ3) is 2.14. The molecule has 1 saturated carbocycles. The first-order valence-electron chi connectivity index (χ1n) is 7.31. The zero-order valence-corrected chi connectivity index (χ0v) is 13.6. The summed E-state index contributed by atoms with van der Waals surface area (Å²) in [6, 6.07) is 6.47. The third-order valence-corrected chi connectivity index (χ3v) is 5.31. The van der Waals surface area contributed by atoms with E-state index in [-0.39, 0.29) is 5.38 Å². The molecular weight excluding hydrogens is 291 g/mol. The number of benzene rings is 1. The maximum Gasteiger partial charge on any atom is 0.128 e. The van der Waals surface area contributed by atoms with Gasteiger partial charge in [0.25, 0.3) is 0 Å². The summed E-state index contributed by atoms with van der Waals surface area (Å²) < 4.78 is 2.34. The van der Waals surface area contributed by atoms with Crippen molar-refractivity contribution >= 4 is 34.2 Å². The Morgan fingerprint density at radius 2 is 2.05 bits per heavy atom. The first-order valence-corrected chi connectivity index (χ1v) is 8.12. The molecule has 1 aromatic heterocycles. The van der Waals surface area contributed by atoms with Crippen LogP contribution in [0.5, 0.6) is 0 Å². The van der Waals surface area contributed by atoms with E-state index >= 15 is 0 Å². The standard InChI is InChI=1S/C16H20Cl2N2/c1-9-7-8-13(10(9)2)20-14-6-4-5-12(18)15(14)19-16(20)11(3)17/h4-6,9-11,13H,7-8H2,1-3H3. The molecule has 0 bridgehead atoms. The fourth-order valence-electron chi connectivity index (χ4n) is 3.43. The summed E-state index contributed by atoms with van der Waals surface area (Å²) in [6.07, 6.45) is 2.46. The quantitative estimate of drug-likeness (QED) is 0.660. The molecule has 108 valence electrons. The molecule has 1 aromatic carbocycles. The van der Waals surface area contributed by atoms with Gasteiger partial charge < -0.3 is 4.57 Å². The summed E-state index contributed by atoms with van der Waals surface area (Å²) in [5.41, 5.74) is 1.99. The van der Waals surface area contributed by atoms with Crippen LogP contribution in [0.25, 0.3) is 11.0 Å². The number of rotatable bonds is 2. The van der Waals surface area contributed by atoms with E-state index in [1.54, 1.807) is 0 Å². The zero-order chi connectivity index (χ0) is 14.4. The van der Waals surface area contributed by atoms with Gasteiger partial charge in [0.15, 0.2) is 0 Å². The van der Waals surface area contributed by atoms with E-state index in [4.69, 9.17) is 28.2 Å². The summed E-state index contributed by atoms with van der Waals surface area (Å²) in [5, 5.41) is 0.597. The number of halogens is 2. The van der Waals surface area contributed by atoms with E-state index in [1.165, 1.54) is 12.8 Å². The molecule has 1 heterocycles. The number of aromatic nitrogens is 2. The van der Waals surface area contributed by atoms with E-state index in [1.807, 2.05) is 19.1 Å². The molecule has 1 aliphatic carbocycles. The highest BCUT2D eigenvalue weighted by Crippen LogP contribution is 2.43. The average Bonchev–Trinajstić information content (AvgIpc) is 2.93. The number of imidazole rings is 1. The smallest absolute Gasteiger partial charge is 0.128 e. The predicted molar refractivity (Wildman–Crippen MR) is 85.6 cm³/mol. The van der Waals surface area contributed by atoms with Crippen LogP contribution in [0, 0.1) is 11.8 Å². The zero-order valence-electron chi connectivity index (χ0n) is 12.1. The van der Waals surface area contributed by atoms with Gasteiger partial charge in [0.2, 0.25) is 0 Å². The second-order valence-electron chi connectivity index (χ2n) is 6.04. The Kier molecular flexibility index (Phi) is 3.72. The molecule has 0 aliphatic heterocycles. The molecule has 2 aromatic rings. The van der Waals surface area contributed by atoms with E-state index in [2.05, 4.69) is 24.5 Å². The van der Waals surface area contributed by atoms with Gasteiger partial charge in [-0.1, -0.05) is 31.5 Å². The van der Waals surface area contributed by atoms with E-state index in [0.717, 1.165) is 22.8 Å². The van der Waals surface area contributed by atoms with Crippen LogP contribution in [-0.4, -0.2) is 9.55 Å². The predicted octanol–water partition coefficient (Wildman–Crippen LogP) is 5.60. The minimum absolute atomic E-state index is 0.110. The van der Waals surface area contributed by atoms with Gasteiger partial charge in [-0.25, -0.2) is 4.98 Å². The van der Waals surface area contributed by atoms with Crippen LogP contribution in [0.2, 0.25) is 5.02 Å². The Morgan fingerprint density at radius 3 is 2.65 bits per heavy atom. The molecule has 20 heavy (non-hydrogen) atoms. The first kappa shape index (κ1) is 14.2. The monoisotopic (exact) mass is 310 g/mol. The fraction of sp³-hybridized carbons (Fsp3) is 0.562. The first-order chi connectivity index (χ1) is 9.50. The molecule has 4 heteroatoms. The molecule has 0 amide bonds. The topological polar surface area (TPSA) is 17.8 Å². The van der Waals surface area contributed by atoms with Crippen molar-refractivity contribution in [1.29, 1.82) is 0 Å². The van der Waals surface area contributed by atoms with Crippen LogP contribution < -0.4 is 0 Å². The largest absolute Gasteiger partial charge is 0.323 e. The molecule has 0 N–H and O–H groups in total. The molecule has 4 unspecified atom stereocenters. The lowest BCUT2D eigenvalue weighted by atomic mass is 9.97. The van der Waals surface area contributed by atoms with Crippen LogP contribution >= 0.6 is 23.2 Å². The highest BCUT2D eigenvalue weighted by Gasteiger charge is 2.34. The Morgan fingerprint density at radius 1 is 1.30 bits per heavy atom. The molecule has 1 fully saturated rings. The normalized spacial score (nSPS) is 28.1. The van der Waals surface area contributed by atoms with E-state index < -0.39 is 0 Å². The van der Waals surface area contributed by atoms with Crippen molar-refractivity contribution < 1.29 is 0 Å². The lowest BCUT2D eigenvalue weighted by Gasteiger charge is -2.23. The molecule has 0 saturated heterocycles. The average molecular weight is 311 g/mol. The van der Waals surface area contributed by atoms with Gasteiger partial charge in [0.1, 0.15) is 11.3 Å². The maximum absolute atomic E-state index is 6.37. The van der Waals surface area contributed by atoms with Crippen molar-refractivity contribution in [2.75, 3.05) is 0 Å². The van der Waals surface area contributed by atoms with Crippen molar-refractivity contribution in [1.82, 2.24) is 9.55 Å². The molecule has 0 radical (unpaired) electrons. The SMILES string of the molecule is CC(Cl)c1nc2c(Cl)cccc2n1C1CCC(C)C1C. The molecule has 4 atom stereocenters. The molecule has 3 rings (SSSR count). The summed E-state index contributed by atoms with van der Waals surface area (Å²) in [4.78, 5) is 4.71. The Bertz CT molecular complexity index is 633. The molecule has 1 aliphatic rings. The number of hydrogen-bond donors (Lipinski definition) is 0.